The molecule has 1 aliphatic rings. The van der Waals surface area contributed by atoms with Crippen LogP contribution in [0.2, 0.25) is 0 Å². The van der Waals surface area contributed by atoms with Crippen molar-refractivity contribution in [2.24, 2.45) is 5.41 Å². The van der Waals surface area contributed by atoms with Crippen LogP contribution in [0.1, 0.15) is 26.7 Å². The van der Waals surface area contributed by atoms with E-state index in [1.165, 1.54) is 0 Å². The van der Waals surface area contributed by atoms with Gasteiger partial charge >= 0.3 is 0 Å². The molecule has 0 atom stereocenters. The SMILES string of the molecule is COc1ccc(N)cc1NC(=O)CN1CCC(C)(C)CC1. The monoisotopic (exact) mass is 291 g/mol. The summed E-state index contributed by atoms with van der Waals surface area (Å²) in [6.45, 7) is 6.90. The molecule has 0 saturated carbocycles. The molecule has 3 N–H and O–H groups in total. The fourth-order valence-corrected chi connectivity index (χ4v) is 2.53. The Morgan fingerprint density at radius 1 is 1.38 bits per heavy atom. The Morgan fingerprint density at radius 3 is 2.67 bits per heavy atom. The Bertz CT molecular complexity index is 504. The number of nitrogens with two attached hydrogens (primary N) is 1. The van der Waals surface area contributed by atoms with Crippen LogP contribution in [0, 0.1) is 5.41 Å². The van der Waals surface area contributed by atoms with Gasteiger partial charge in [0, 0.05) is 5.69 Å². The first-order valence-electron chi connectivity index (χ1n) is 7.35. The first-order valence-corrected chi connectivity index (χ1v) is 7.35. The minimum Gasteiger partial charge on any atom is -0.495 e. The first kappa shape index (κ1) is 15.6. The second kappa shape index (κ2) is 6.35. The zero-order valence-electron chi connectivity index (χ0n) is 13.1. The predicted molar refractivity (Wildman–Crippen MR) is 85.5 cm³/mol. The third kappa shape index (κ3) is 4.36. The van der Waals surface area contributed by atoms with Gasteiger partial charge in [-0.25, -0.2) is 0 Å². The lowest BCUT2D eigenvalue weighted by atomic mass is 9.83. The normalized spacial score (nSPS) is 18.2. The molecule has 1 aromatic carbocycles. The number of carbonyl (C=O) groups excluding carboxylic acids is 1. The minimum atomic E-state index is -0.0291. The molecule has 2 rings (SSSR count). The maximum absolute atomic E-state index is 12.2. The molecule has 1 saturated heterocycles. The summed E-state index contributed by atoms with van der Waals surface area (Å²) in [5.41, 5.74) is 7.38. The molecular weight excluding hydrogens is 266 g/mol. The zero-order valence-corrected chi connectivity index (χ0v) is 13.1. The summed E-state index contributed by atoms with van der Waals surface area (Å²) >= 11 is 0. The standard InChI is InChI=1S/C16H25N3O2/c1-16(2)6-8-19(9-7-16)11-15(20)18-13-10-12(17)4-5-14(13)21-3/h4-5,10H,6-9,11,17H2,1-3H3,(H,18,20). The number of hydrogen-bond donors (Lipinski definition) is 2. The number of rotatable bonds is 4. The third-order valence-corrected chi connectivity index (χ3v) is 4.07. The highest BCUT2D eigenvalue weighted by molar-refractivity contribution is 5.94. The van der Waals surface area contributed by atoms with Gasteiger partial charge in [-0.3, -0.25) is 9.69 Å². The Balaban J connectivity index is 1.92. The molecule has 1 amide bonds. The summed E-state index contributed by atoms with van der Waals surface area (Å²) in [6, 6.07) is 5.23. The molecule has 1 heterocycles. The van der Waals surface area contributed by atoms with Crippen molar-refractivity contribution in [1.82, 2.24) is 4.90 Å². The van der Waals surface area contributed by atoms with Crippen LogP contribution in [0.25, 0.3) is 0 Å². The molecule has 21 heavy (non-hydrogen) atoms. The molecule has 1 aliphatic heterocycles. The fourth-order valence-electron chi connectivity index (χ4n) is 2.53. The number of carbonyl (C=O) groups is 1. The maximum Gasteiger partial charge on any atom is 0.238 e. The van der Waals surface area contributed by atoms with Gasteiger partial charge in [0.2, 0.25) is 5.91 Å². The van der Waals surface area contributed by atoms with Crippen LogP contribution in [0.5, 0.6) is 5.75 Å². The molecule has 1 fully saturated rings. The lowest BCUT2D eigenvalue weighted by Gasteiger charge is -2.36. The lowest BCUT2D eigenvalue weighted by molar-refractivity contribution is -0.117. The summed E-state index contributed by atoms with van der Waals surface area (Å²) in [4.78, 5) is 14.4. The Hall–Kier alpha value is -1.75. The highest BCUT2D eigenvalue weighted by atomic mass is 16.5. The van der Waals surface area contributed by atoms with E-state index in [4.69, 9.17) is 10.5 Å². The number of likely N-dealkylation sites (tertiary alicyclic amines) is 1. The molecule has 0 bridgehead atoms. The molecule has 0 unspecified atom stereocenters. The first-order chi connectivity index (χ1) is 9.89. The average Bonchev–Trinajstić information content (AvgIpc) is 2.41. The number of nitrogen functional groups attached to an aromatic ring is 1. The van der Waals surface area contributed by atoms with Crippen molar-refractivity contribution < 1.29 is 9.53 Å². The number of ether oxygens (including phenoxy) is 1. The summed E-state index contributed by atoms with van der Waals surface area (Å²) < 4.78 is 5.23. The second-order valence-corrected chi connectivity index (χ2v) is 6.45. The van der Waals surface area contributed by atoms with E-state index in [0.29, 0.717) is 29.1 Å². The zero-order chi connectivity index (χ0) is 15.5. The van der Waals surface area contributed by atoms with E-state index >= 15 is 0 Å². The molecular formula is C16H25N3O2. The number of benzene rings is 1. The van der Waals surface area contributed by atoms with Crippen molar-refractivity contribution in [3.05, 3.63) is 18.2 Å². The van der Waals surface area contributed by atoms with E-state index in [2.05, 4.69) is 24.1 Å². The highest BCUT2D eigenvalue weighted by Crippen LogP contribution is 2.30. The van der Waals surface area contributed by atoms with E-state index in [0.717, 1.165) is 25.9 Å². The van der Waals surface area contributed by atoms with Gasteiger partial charge in [0.25, 0.3) is 0 Å². The van der Waals surface area contributed by atoms with Crippen molar-refractivity contribution in [1.29, 1.82) is 0 Å². The van der Waals surface area contributed by atoms with Crippen molar-refractivity contribution >= 4 is 17.3 Å². The fraction of sp³-hybridized carbons (Fsp3) is 0.562. The van der Waals surface area contributed by atoms with Crippen LogP contribution in [0.15, 0.2) is 18.2 Å². The predicted octanol–water partition coefficient (Wildman–Crippen LogP) is 2.34. The lowest BCUT2D eigenvalue weighted by Crippen LogP contribution is -2.41. The summed E-state index contributed by atoms with van der Waals surface area (Å²) in [5, 5.41) is 2.88. The minimum absolute atomic E-state index is 0.0291. The molecule has 5 nitrogen and oxygen atoms in total. The van der Waals surface area contributed by atoms with Crippen molar-refractivity contribution in [3.8, 4) is 5.75 Å². The van der Waals surface area contributed by atoms with E-state index in [1.807, 2.05) is 0 Å². The molecule has 0 spiro atoms. The van der Waals surface area contributed by atoms with Crippen LogP contribution in [-0.4, -0.2) is 37.6 Å². The number of amides is 1. The molecule has 116 valence electrons. The van der Waals surface area contributed by atoms with E-state index in [-0.39, 0.29) is 5.91 Å². The molecule has 0 aromatic heterocycles. The van der Waals surface area contributed by atoms with Gasteiger partial charge in [0.05, 0.1) is 19.3 Å². The van der Waals surface area contributed by atoms with Crippen LogP contribution >= 0.6 is 0 Å². The highest BCUT2D eigenvalue weighted by Gasteiger charge is 2.26. The Morgan fingerprint density at radius 2 is 2.05 bits per heavy atom. The van der Waals surface area contributed by atoms with Crippen LogP contribution in [-0.2, 0) is 4.79 Å². The smallest absolute Gasteiger partial charge is 0.238 e. The summed E-state index contributed by atoms with van der Waals surface area (Å²) in [6.07, 6.45) is 2.25. The van der Waals surface area contributed by atoms with Gasteiger partial charge in [0.15, 0.2) is 0 Å². The molecule has 5 heteroatoms. The summed E-state index contributed by atoms with van der Waals surface area (Å²) in [7, 11) is 1.58. The number of piperidine rings is 1. The van der Waals surface area contributed by atoms with Gasteiger partial charge in [-0.15, -0.1) is 0 Å². The number of anilines is 2. The van der Waals surface area contributed by atoms with Crippen molar-refractivity contribution in [2.45, 2.75) is 26.7 Å². The van der Waals surface area contributed by atoms with Gasteiger partial charge in [0.1, 0.15) is 5.75 Å². The number of methoxy groups -OCH3 is 1. The van der Waals surface area contributed by atoms with E-state index in [1.54, 1.807) is 25.3 Å². The van der Waals surface area contributed by atoms with E-state index < -0.39 is 0 Å². The van der Waals surface area contributed by atoms with Gasteiger partial charge in [-0.05, 0) is 49.5 Å². The number of nitrogens with one attached hydrogen (secondary N) is 1. The Kier molecular flexibility index (Phi) is 4.73. The van der Waals surface area contributed by atoms with Crippen molar-refractivity contribution in [3.63, 3.8) is 0 Å². The molecule has 1 aromatic rings. The average molecular weight is 291 g/mol. The van der Waals surface area contributed by atoms with Crippen LogP contribution in [0.4, 0.5) is 11.4 Å². The maximum atomic E-state index is 12.2. The number of nitrogens with zero attached hydrogens (tertiary/aromatic N) is 1. The van der Waals surface area contributed by atoms with Gasteiger partial charge in [-0.2, -0.15) is 0 Å². The molecule has 0 radical (unpaired) electrons. The topological polar surface area (TPSA) is 67.6 Å². The van der Waals surface area contributed by atoms with Gasteiger partial charge < -0.3 is 15.8 Å². The molecule has 0 aliphatic carbocycles. The summed E-state index contributed by atoms with van der Waals surface area (Å²) in [5.74, 6) is 0.593. The van der Waals surface area contributed by atoms with Crippen LogP contribution in [0.3, 0.4) is 0 Å². The largest absolute Gasteiger partial charge is 0.495 e. The number of hydrogen-bond acceptors (Lipinski definition) is 4. The van der Waals surface area contributed by atoms with Gasteiger partial charge in [-0.1, -0.05) is 13.8 Å². The Labute approximate surface area is 126 Å². The van der Waals surface area contributed by atoms with E-state index in [9.17, 15) is 4.79 Å². The quantitative estimate of drug-likeness (QED) is 0.836. The van der Waals surface area contributed by atoms with Crippen molar-refractivity contribution in [2.75, 3.05) is 37.8 Å². The van der Waals surface area contributed by atoms with Crippen LogP contribution < -0.4 is 15.8 Å². The second-order valence-electron chi connectivity index (χ2n) is 6.45. The third-order valence-electron chi connectivity index (χ3n) is 4.07.